The molecule has 0 aliphatic heterocycles. The molecule has 1 aliphatic carbocycles. The first-order chi connectivity index (χ1) is 6.50. The summed E-state index contributed by atoms with van der Waals surface area (Å²) in [5.74, 6) is 0. The minimum Gasteiger partial charge on any atom is -0.0619 e. The Kier molecular flexibility index (Phi) is 2.30. The second kappa shape index (κ2) is 3.23. The Balaban J connectivity index is 2.57. The third kappa shape index (κ3) is 1.54. The Morgan fingerprint density at radius 3 is 2.43 bits per heavy atom. The summed E-state index contributed by atoms with van der Waals surface area (Å²) in [7, 11) is 0. The zero-order chi connectivity index (χ0) is 10.3. The van der Waals surface area contributed by atoms with Crippen LogP contribution in [0, 0.1) is 5.41 Å². The summed E-state index contributed by atoms with van der Waals surface area (Å²) in [4.78, 5) is 0. The van der Waals surface area contributed by atoms with Crippen molar-refractivity contribution in [3.05, 3.63) is 39.9 Å². The van der Waals surface area contributed by atoms with Gasteiger partial charge in [0, 0.05) is 10.9 Å². The first-order valence-corrected chi connectivity index (χ1v) is 5.77. The van der Waals surface area contributed by atoms with Crippen LogP contribution in [-0.4, -0.2) is 0 Å². The molecule has 0 N–H and O–H groups in total. The maximum absolute atomic E-state index is 3.70. The smallest absolute Gasteiger partial charge is 0.00499 e. The van der Waals surface area contributed by atoms with Crippen molar-refractivity contribution in [2.75, 3.05) is 0 Å². The largest absolute Gasteiger partial charge is 0.0619 e. The minimum atomic E-state index is 0.228. The molecule has 0 fully saturated rings. The summed E-state index contributed by atoms with van der Waals surface area (Å²) in [6.07, 6.45) is 1.06. The lowest BCUT2D eigenvalue weighted by molar-refractivity contribution is 0.567. The van der Waals surface area contributed by atoms with Crippen molar-refractivity contribution < 1.29 is 0 Å². The van der Waals surface area contributed by atoms with Gasteiger partial charge < -0.3 is 0 Å². The molecule has 1 aliphatic rings. The number of allylic oxidation sites excluding steroid dienone is 2. The Morgan fingerprint density at radius 1 is 1.14 bits per heavy atom. The van der Waals surface area contributed by atoms with Crippen molar-refractivity contribution >= 4 is 21.5 Å². The van der Waals surface area contributed by atoms with Gasteiger partial charge in [0.2, 0.25) is 0 Å². The third-order valence-electron chi connectivity index (χ3n) is 2.65. The zero-order valence-electron chi connectivity index (χ0n) is 8.89. The van der Waals surface area contributed by atoms with Gasteiger partial charge in [-0.2, -0.15) is 0 Å². The van der Waals surface area contributed by atoms with Gasteiger partial charge in [-0.25, -0.2) is 0 Å². The lowest BCUT2D eigenvalue weighted by atomic mass is 9.83. The van der Waals surface area contributed by atoms with Crippen molar-refractivity contribution in [2.45, 2.75) is 27.2 Å². The van der Waals surface area contributed by atoms with E-state index in [9.17, 15) is 0 Å². The number of benzene rings is 1. The van der Waals surface area contributed by atoms with Crippen LogP contribution in [0.3, 0.4) is 0 Å². The Hall–Kier alpha value is -0.560. The van der Waals surface area contributed by atoms with E-state index < -0.39 is 0 Å². The van der Waals surface area contributed by atoms with E-state index >= 15 is 0 Å². The highest BCUT2D eigenvalue weighted by Crippen LogP contribution is 2.45. The molecular weight excluding hydrogens is 236 g/mol. The second-order valence-corrected chi connectivity index (χ2v) is 5.82. The molecule has 74 valence electrons. The highest BCUT2D eigenvalue weighted by Gasteiger charge is 2.28. The molecule has 1 aromatic carbocycles. The molecule has 1 heteroatoms. The molecule has 2 rings (SSSR count). The van der Waals surface area contributed by atoms with Crippen LogP contribution in [0.15, 0.2) is 28.7 Å². The zero-order valence-corrected chi connectivity index (χ0v) is 10.5. The Labute approximate surface area is 94.2 Å². The summed E-state index contributed by atoms with van der Waals surface area (Å²) >= 11 is 3.70. The highest BCUT2D eigenvalue weighted by atomic mass is 79.9. The summed E-state index contributed by atoms with van der Waals surface area (Å²) in [5.41, 5.74) is 4.56. The predicted octanol–water partition coefficient (Wildman–Crippen LogP) is 4.39. The molecule has 0 spiro atoms. The topological polar surface area (TPSA) is 0 Å². The van der Waals surface area contributed by atoms with Gasteiger partial charge >= 0.3 is 0 Å². The van der Waals surface area contributed by atoms with Crippen LogP contribution in [0.2, 0.25) is 0 Å². The van der Waals surface area contributed by atoms with Crippen molar-refractivity contribution in [2.24, 2.45) is 5.41 Å². The number of hydrogen-bond donors (Lipinski definition) is 0. The van der Waals surface area contributed by atoms with E-state index in [4.69, 9.17) is 0 Å². The highest BCUT2D eigenvalue weighted by molar-refractivity contribution is 9.11. The maximum Gasteiger partial charge on any atom is 0.00499 e. The fourth-order valence-corrected chi connectivity index (χ4v) is 3.24. The Bertz CT molecular complexity index is 394. The van der Waals surface area contributed by atoms with E-state index in [-0.39, 0.29) is 5.41 Å². The van der Waals surface area contributed by atoms with Crippen LogP contribution >= 0.6 is 15.9 Å². The molecule has 0 unspecified atom stereocenters. The fourth-order valence-electron chi connectivity index (χ4n) is 2.13. The molecular formula is C13H15Br. The first kappa shape index (κ1) is 9.97. The molecule has 14 heavy (non-hydrogen) atoms. The van der Waals surface area contributed by atoms with Gasteiger partial charge in [0.15, 0.2) is 0 Å². The van der Waals surface area contributed by atoms with Crippen molar-refractivity contribution in [1.82, 2.24) is 0 Å². The van der Waals surface area contributed by atoms with Crippen LogP contribution in [-0.2, 0) is 6.42 Å². The van der Waals surface area contributed by atoms with Gasteiger partial charge in [-0.3, -0.25) is 0 Å². The number of hydrogen-bond acceptors (Lipinski definition) is 0. The molecule has 0 bridgehead atoms. The lowest BCUT2D eigenvalue weighted by Gasteiger charge is -2.22. The molecule has 0 amide bonds. The van der Waals surface area contributed by atoms with Crippen LogP contribution in [0.1, 0.15) is 31.9 Å². The van der Waals surface area contributed by atoms with Crippen molar-refractivity contribution in [1.29, 1.82) is 0 Å². The minimum absolute atomic E-state index is 0.228. The number of rotatable bonds is 0. The predicted molar refractivity (Wildman–Crippen MR) is 65.4 cm³/mol. The number of halogens is 1. The van der Waals surface area contributed by atoms with E-state index in [1.54, 1.807) is 0 Å². The normalized spacial score (nSPS) is 16.0. The fraction of sp³-hybridized carbons (Fsp3) is 0.385. The van der Waals surface area contributed by atoms with Crippen LogP contribution in [0.4, 0.5) is 0 Å². The van der Waals surface area contributed by atoms with Gasteiger partial charge in [0.05, 0.1) is 0 Å². The first-order valence-electron chi connectivity index (χ1n) is 4.97. The average molecular weight is 251 g/mol. The maximum atomic E-state index is 3.70. The van der Waals surface area contributed by atoms with Crippen LogP contribution in [0.25, 0.3) is 5.57 Å². The summed E-state index contributed by atoms with van der Waals surface area (Å²) in [5, 5.41) is 0. The van der Waals surface area contributed by atoms with Gasteiger partial charge in [0.1, 0.15) is 0 Å². The molecule has 0 aromatic heterocycles. The summed E-state index contributed by atoms with van der Waals surface area (Å²) in [6.45, 7) is 6.81. The monoisotopic (exact) mass is 250 g/mol. The van der Waals surface area contributed by atoms with E-state index in [0.29, 0.717) is 0 Å². The van der Waals surface area contributed by atoms with Gasteiger partial charge in [-0.15, -0.1) is 0 Å². The SMILES string of the molecule is CC(C)(C)C1=C(Br)Cc2ccccc21. The lowest BCUT2D eigenvalue weighted by Crippen LogP contribution is -2.07. The molecule has 0 saturated carbocycles. The summed E-state index contributed by atoms with van der Waals surface area (Å²) < 4.78 is 1.35. The van der Waals surface area contributed by atoms with Crippen molar-refractivity contribution in [3.63, 3.8) is 0 Å². The quantitative estimate of drug-likeness (QED) is 0.641. The van der Waals surface area contributed by atoms with Crippen LogP contribution in [0.5, 0.6) is 0 Å². The molecule has 0 radical (unpaired) electrons. The van der Waals surface area contributed by atoms with E-state index in [0.717, 1.165) is 6.42 Å². The summed E-state index contributed by atoms with van der Waals surface area (Å²) in [6, 6.07) is 8.68. The van der Waals surface area contributed by atoms with Crippen molar-refractivity contribution in [3.8, 4) is 0 Å². The number of fused-ring (bicyclic) bond motifs is 1. The van der Waals surface area contributed by atoms with E-state index in [2.05, 4.69) is 61.0 Å². The molecule has 0 heterocycles. The molecule has 0 nitrogen and oxygen atoms in total. The molecule has 0 saturated heterocycles. The second-order valence-electron chi connectivity index (χ2n) is 4.86. The molecule has 1 aromatic rings. The average Bonchev–Trinajstić information content (AvgIpc) is 2.38. The van der Waals surface area contributed by atoms with Gasteiger partial charge in [-0.05, 0) is 22.1 Å². The van der Waals surface area contributed by atoms with E-state index in [1.165, 1.54) is 21.2 Å². The van der Waals surface area contributed by atoms with Gasteiger partial charge in [-0.1, -0.05) is 61.0 Å². The van der Waals surface area contributed by atoms with Gasteiger partial charge in [0.25, 0.3) is 0 Å². The standard InChI is InChI=1S/C13H15Br/c1-13(2,3)12-10-7-5-4-6-9(10)8-11(12)14/h4-7H,8H2,1-3H3. The van der Waals surface area contributed by atoms with Crippen LogP contribution < -0.4 is 0 Å². The molecule has 0 atom stereocenters. The van der Waals surface area contributed by atoms with E-state index in [1.807, 2.05) is 0 Å². The Morgan fingerprint density at radius 2 is 1.79 bits per heavy atom. The third-order valence-corrected chi connectivity index (χ3v) is 3.33.